The van der Waals surface area contributed by atoms with Crippen molar-refractivity contribution in [2.24, 2.45) is 5.41 Å². The quantitative estimate of drug-likeness (QED) is 0.243. The highest BCUT2D eigenvalue weighted by molar-refractivity contribution is 7.89. The summed E-state index contributed by atoms with van der Waals surface area (Å²) in [6.07, 6.45) is 5.02. The fourth-order valence-corrected chi connectivity index (χ4v) is 5.71. The van der Waals surface area contributed by atoms with E-state index in [0.29, 0.717) is 0 Å². The van der Waals surface area contributed by atoms with Gasteiger partial charge in [-0.25, -0.2) is 16.8 Å². The van der Waals surface area contributed by atoms with Gasteiger partial charge in [0.15, 0.2) is 0 Å². The third-order valence-corrected chi connectivity index (χ3v) is 8.87. The third kappa shape index (κ3) is 9.15. The minimum Gasteiger partial charge on any atom is -0.207 e. The predicted octanol–water partition coefficient (Wildman–Crippen LogP) is 4.93. The maximum absolute atomic E-state index is 13.3. The molecule has 0 spiro atoms. The van der Waals surface area contributed by atoms with Gasteiger partial charge in [0.05, 0.1) is 22.9 Å². The standard InChI is InChI=1S/C29H36N2O4S2/c1-7-21-30(36(32,33)27-16-12-25(2)13-17-27)23-10-11-24-31(22-9-8-20-29(4,5)6)37(34,35)28-18-14-26(3)15-19-28/h7,9,12-20H,1,21-24H2,2-6H3. The van der Waals surface area contributed by atoms with E-state index < -0.39 is 20.0 Å². The second-order valence-corrected chi connectivity index (χ2v) is 13.6. The molecular formula is C29H36N2O4S2. The highest BCUT2D eigenvalue weighted by Gasteiger charge is 2.24. The average molecular weight is 541 g/mol. The first-order valence-electron chi connectivity index (χ1n) is 11.9. The monoisotopic (exact) mass is 540 g/mol. The number of nitrogens with zero attached hydrogens (tertiary/aromatic N) is 2. The van der Waals surface area contributed by atoms with Crippen LogP contribution in [-0.4, -0.2) is 51.6 Å². The van der Waals surface area contributed by atoms with Crippen LogP contribution in [-0.2, 0) is 20.0 Å². The fourth-order valence-electron chi connectivity index (χ4n) is 3.11. The highest BCUT2D eigenvalue weighted by atomic mass is 32.2. The molecule has 0 bridgehead atoms. The summed E-state index contributed by atoms with van der Waals surface area (Å²) in [5.41, 5.74) is 4.87. The molecule has 198 valence electrons. The van der Waals surface area contributed by atoms with Crippen LogP contribution < -0.4 is 0 Å². The van der Waals surface area contributed by atoms with Crippen LogP contribution in [0.1, 0.15) is 31.9 Å². The van der Waals surface area contributed by atoms with E-state index in [1.54, 1.807) is 54.6 Å². The molecule has 0 aliphatic rings. The molecule has 37 heavy (non-hydrogen) atoms. The lowest BCUT2D eigenvalue weighted by Gasteiger charge is -2.19. The van der Waals surface area contributed by atoms with Crippen molar-refractivity contribution in [1.82, 2.24) is 8.61 Å². The lowest BCUT2D eigenvalue weighted by molar-refractivity contribution is 0.473. The van der Waals surface area contributed by atoms with Gasteiger partial charge in [-0.1, -0.05) is 74.1 Å². The van der Waals surface area contributed by atoms with Crippen molar-refractivity contribution < 1.29 is 16.8 Å². The van der Waals surface area contributed by atoms with Crippen molar-refractivity contribution in [2.75, 3.05) is 26.2 Å². The molecule has 6 nitrogen and oxygen atoms in total. The Bertz CT molecular complexity index is 1400. The van der Waals surface area contributed by atoms with Crippen LogP contribution in [0.5, 0.6) is 0 Å². The molecule has 0 N–H and O–H groups in total. The van der Waals surface area contributed by atoms with Gasteiger partial charge >= 0.3 is 0 Å². The molecule has 0 atom stereocenters. The van der Waals surface area contributed by atoms with E-state index in [-0.39, 0.29) is 41.4 Å². The molecule has 2 aromatic carbocycles. The maximum Gasteiger partial charge on any atom is 0.244 e. The van der Waals surface area contributed by atoms with Gasteiger partial charge in [-0.05, 0) is 55.7 Å². The van der Waals surface area contributed by atoms with Crippen LogP contribution in [0, 0.1) is 31.1 Å². The smallest absolute Gasteiger partial charge is 0.207 e. The zero-order chi connectivity index (χ0) is 27.7. The van der Waals surface area contributed by atoms with E-state index in [2.05, 4.69) is 24.2 Å². The second-order valence-electron chi connectivity index (χ2n) is 9.74. The molecule has 0 aromatic heterocycles. The summed E-state index contributed by atoms with van der Waals surface area (Å²) < 4.78 is 55.2. The first kappa shape index (κ1) is 30.3. The van der Waals surface area contributed by atoms with Crippen molar-refractivity contribution in [3.8, 4) is 11.8 Å². The van der Waals surface area contributed by atoms with E-state index >= 15 is 0 Å². The minimum absolute atomic E-state index is 0.0789. The van der Waals surface area contributed by atoms with Gasteiger partial charge in [-0.2, -0.15) is 8.61 Å². The molecule has 2 rings (SSSR count). The first-order chi connectivity index (χ1) is 17.3. The number of benzene rings is 2. The molecule has 0 radical (unpaired) electrons. The minimum atomic E-state index is -3.82. The zero-order valence-corrected chi connectivity index (χ0v) is 23.9. The SMILES string of the molecule is C=CCN(CC#CCN(CC=C=CC(C)(C)C)S(=O)(=O)c1ccc(C)cc1)S(=O)(=O)c1ccc(C)cc1. The summed E-state index contributed by atoms with van der Waals surface area (Å²) in [7, 11) is -7.60. The number of sulfonamides is 2. The summed E-state index contributed by atoms with van der Waals surface area (Å²) in [6, 6.07) is 13.2. The van der Waals surface area contributed by atoms with E-state index in [0.717, 1.165) is 11.1 Å². The van der Waals surface area contributed by atoms with Crippen molar-refractivity contribution in [1.29, 1.82) is 0 Å². The van der Waals surface area contributed by atoms with Crippen molar-refractivity contribution >= 4 is 20.0 Å². The van der Waals surface area contributed by atoms with E-state index in [4.69, 9.17) is 0 Å². The molecule has 0 saturated heterocycles. The number of hydrogen-bond acceptors (Lipinski definition) is 4. The van der Waals surface area contributed by atoms with Crippen molar-refractivity contribution in [3.63, 3.8) is 0 Å². The van der Waals surface area contributed by atoms with Gasteiger partial charge in [0.2, 0.25) is 20.0 Å². The lowest BCUT2D eigenvalue weighted by Crippen LogP contribution is -2.33. The van der Waals surface area contributed by atoms with E-state index in [1.165, 1.54) is 14.7 Å². The van der Waals surface area contributed by atoms with E-state index in [1.807, 2.05) is 40.7 Å². The van der Waals surface area contributed by atoms with Gasteiger partial charge in [0.25, 0.3) is 0 Å². The predicted molar refractivity (Wildman–Crippen MR) is 150 cm³/mol. The molecule has 0 amide bonds. The Kier molecular flexibility index (Phi) is 10.7. The first-order valence-corrected chi connectivity index (χ1v) is 14.8. The zero-order valence-electron chi connectivity index (χ0n) is 22.2. The Hall–Kier alpha value is -2.92. The third-order valence-electron chi connectivity index (χ3n) is 5.22. The molecule has 0 heterocycles. The van der Waals surface area contributed by atoms with Crippen LogP contribution >= 0.6 is 0 Å². The molecule has 8 heteroatoms. The fraction of sp³-hybridized carbons (Fsp3) is 0.345. The Balaban J connectivity index is 2.29. The molecule has 0 unspecified atom stereocenters. The van der Waals surface area contributed by atoms with Crippen molar-refractivity contribution in [3.05, 3.63) is 90.2 Å². The molecule has 0 aliphatic carbocycles. The summed E-state index contributed by atoms with van der Waals surface area (Å²) in [5.74, 6) is 5.69. The Labute approximate surface area is 223 Å². The molecular weight excluding hydrogens is 504 g/mol. The topological polar surface area (TPSA) is 74.8 Å². The maximum atomic E-state index is 13.3. The second kappa shape index (κ2) is 13.0. The highest BCUT2D eigenvalue weighted by Crippen LogP contribution is 2.18. The Morgan fingerprint density at radius 3 is 1.54 bits per heavy atom. The van der Waals surface area contributed by atoms with Gasteiger partial charge in [-0.15, -0.1) is 12.3 Å². The van der Waals surface area contributed by atoms with Gasteiger partial charge in [-0.3, -0.25) is 0 Å². The van der Waals surface area contributed by atoms with Gasteiger partial charge in [0.1, 0.15) is 0 Å². The Morgan fingerprint density at radius 1 is 0.757 bits per heavy atom. The van der Waals surface area contributed by atoms with Crippen molar-refractivity contribution in [2.45, 2.75) is 44.4 Å². The number of rotatable bonds is 10. The largest absolute Gasteiger partial charge is 0.244 e. The molecule has 0 saturated carbocycles. The van der Waals surface area contributed by atoms with Gasteiger partial charge < -0.3 is 0 Å². The van der Waals surface area contributed by atoms with Crippen LogP contribution in [0.3, 0.4) is 0 Å². The summed E-state index contributed by atoms with van der Waals surface area (Å²) in [6.45, 7) is 13.5. The van der Waals surface area contributed by atoms with Gasteiger partial charge in [0, 0.05) is 13.1 Å². The summed E-state index contributed by atoms with van der Waals surface area (Å²) in [5, 5.41) is 0. The molecule has 0 fully saturated rings. The summed E-state index contributed by atoms with van der Waals surface area (Å²) >= 11 is 0. The number of hydrogen-bond donors (Lipinski definition) is 0. The average Bonchev–Trinajstić information content (AvgIpc) is 2.82. The Morgan fingerprint density at radius 2 is 1.16 bits per heavy atom. The van der Waals surface area contributed by atoms with Crippen LogP contribution in [0.2, 0.25) is 0 Å². The van der Waals surface area contributed by atoms with Crippen LogP contribution in [0.25, 0.3) is 0 Å². The van der Waals surface area contributed by atoms with Crippen LogP contribution in [0.15, 0.2) is 88.9 Å². The molecule has 0 aliphatic heterocycles. The van der Waals surface area contributed by atoms with Crippen LogP contribution in [0.4, 0.5) is 0 Å². The normalized spacial score (nSPS) is 12.0. The summed E-state index contributed by atoms with van der Waals surface area (Å²) in [4.78, 5) is 0.337. The van der Waals surface area contributed by atoms with E-state index in [9.17, 15) is 16.8 Å². The lowest BCUT2D eigenvalue weighted by atomic mass is 9.97. The molecule has 2 aromatic rings. The number of aryl methyl sites for hydroxylation is 2.